The molecular formula is C19H28N2. The van der Waals surface area contributed by atoms with Gasteiger partial charge in [0, 0.05) is 18.3 Å². The second-order valence-corrected chi connectivity index (χ2v) is 8.13. The van der Waals surface area contributed by atoms with Gasteiger partial charge in [0.1, 0.15) is 0 Å². The van der Waals surface area contributed by atoms with Crippen LogP contribution in [0.1, 0.15) is 53.5 Å². The van der Waals surface area contributed by atoms with Gasteiger partial charge in [0.2, 0.25) is 0 Å². The van der Waals surface area contributed by atoms with Gasteiger partial charge < -0.3 is 0 Å². The maximum Gasteiger partial charge on any atom is 0.0568 e. The van der Waals surface area contributed by atoms with Crippen LogP contribution in [0.25, 0.3) is 11.1 Å². The van der Waals surface area contributed by atoms with Crippen molar-refractivity contribution in [2.24, 2.45) is 5.41 Å². The Morgan fingerprint density at radius 2 is 1.52 bits per heavy atom. The Kier molecular flexibility index (Phi) is 4.27. The van der Waals surface area contributed by atoms with Crippen LogP contribution in [0.3, 0.4) is 0 Å². The van der Waals surface area contributed by atoms with Crippen molar-refractivity contribution in [3.05, 3.63) is 42.2 Å². The molecule has 1 heterocycles. The van der Waals surface area contributed by atoms with Gasteiger partial charge in [0.25, 0.3) is 0 Å². The highest BCUT2D eigenvalue weighted by Crippen LogP contribution is 2.26. The summed E-state index contributed by atoms with van der Waals surface area (Å²) in [5.74, 6) is 0. The van der Waals surface area contributed by atoms with Crippen molar-refractivity contribution in [1.29, 1.82) is 0 Å². The summed E-state index contributed by atoms with van der Waals surface area (Å²) in [6.45, 7) is 14.5. The summed E-state index contributed by atoms with van der Waals surface area (Å²) in [6, 6.07) is 8.85. The van der Waals surface area contributed by atoms with Crippen molar-refractivity contribution in [3.8, 4) is 11.1 Å². The number of aryl methyl sites for hydroxylation is 1. The first-order chi connectivity index (χ1) is 9.65. The van der Waals surface area contributed by atoms with Gasteiger partial charge in [0.05, 0.1) is 6.20 Å². The Labute approximate surface area is 129 Å². The third kappa shape index (κ3) is 4.45. The van der Waals surface area contributed by atoms with Crippen LogP contribution in [0, 0.1) is 5.41 Å². The monoisotopic (exact) mass is 284 g/mol. The van der Waals surface area contributed by atoms with E-state index in [-0.39, 0.29) is 5.41 Å². The maximum absolute atomic E-state index is 4.48. The number of rotatable bonds is 3. The lowest BCUT2D eigenvalue weighted by atomic mass is 9.86. The fraction of sp³-hybridized carbons (Fsp3) is 0.526. The molecule has 0 aliphatic carbocycles. The molecule has 2 aromatic rings. The smallest absolute Gasteiger partial charge is 0.0568 e. The fourth-order valence-corrected chi connectivity index (χ4v) is 2.25. The van der Waals surface area contributed by atoms with Crippen LogP contribution in [-0.2, 0) is 12.0 Å². The minimum atomic E-state index is 0.204. The van der Waals surface area contributed by atoms with Crippen molar-refractivity contribution in [3.63, 3.8) is 0 Å². The van der Waals surface area contributed by atoms with Gasteiger partial charge in [-0.15, -0.1) is 0 Å². The summed E-state index contributed by atoms with van der Waals surface area (Å²) >= 11 is 0. The highest BCUT2D eigenvalue weighted by atomic mass is 15.3. The molecule has 1 aromatic heterocycles. The molecule has 2 heteroatoms. The predicted molar refractivity (Wildman–Crippen MR) is 90.4 cm³/mol. The minimum Gasteiger partial charge on any atom is -0.272 e. The molecule has 0 N–H and O–H groups in total. The van der Waals surface area contributed by atoms with Gasteiger partial charge in [-0.05, 0) is 28.4 Å². The molecule has 0 radical (unpaired) electrons. The molecule has 0 fully saturated rings. The third-order valence-corrected chi connectivity index (χ3v) is 3.81. The minimum absolute atomic E-state index is 0.204. The average molecular weight is 284 g/mol. The van der Waals surface area contributed by atoms with E-state index in [1.165, 1.54) is 16.7 Å². The van der Waals surface area contributed by atoms with Crippen LogP contribution in [0.15, 0.2) is 36.7 Å². The van der Waals surface area contributed by atoms with Crippen molar-refractivity contribution < 1.29 is 0 Å². The van der Waals surface area contributed by atoms with E-state index in [0.29, 0.717) is 5.41 Å². The topological polar surface area (TPSA) is 17.8 Å². The molecule has 1 aromatic carbocycles. The van der Waals surface area contributed by atoms with Gasteiger partial charge >= 0.3 is 0 Å². The Morgan fingerprint density at radius 1 is 0.905 bits per heavy atom. The second-order valence-electron chi connectivity index (χ2n) is 8.13. The van der Waals surface area contributed by atoms with Crippen molar-refractivity contribution in [2.75, 3.05) is 0 Å². The number of hydrogen-bond acceptors (Lipinski definition) is 1. The second kappa shape index (κ2) is 5.67. The highest BCUT2D eigenvalue weighted by molar-refractivity contribution is 5.62. The fourth-order valence-electron chi connectivity index (χ4n) is 2.25. The van der Waals surface area contributed by atoms with Crippen LogP contribution in [0.2, 0.25) is 0 Å². The zero-order valence-corrected chi connectivity index (χ0v) is 14.3. The summed E-state index contributed by atoms with van der Waals surface area (Å²) in [7, 11) is 0. The molecule has 114 valence electrons. The predicted octanol–water partition coefficient (Wildman–Crippen LogP) is 5.28. The van der Waals surface area contributed by atoms with Gasteiger partial charge in [-0.1, -0.05) is 65.8 Å². The number of hydrogen-bond donors (Lipinski definition) is 0. The lowest BCUT2D eigenvalue weighted by Gasteiger charge is -2.19. The van der Waals surface area contributed by atoms with E-state index in [1.54, 1.807) is 0 Å². The molecule has 0 bridgehead atoms. The molecule has 0 aliphatic rings. The van der Waals surface area contributed by atoms with Crippen molar-refractivity contribution in [2.45, 2.75) is 59.9 Å². The molecule has 2 rings (SSSR count). The van der Waals surface area contributed by atoms with E-state index < -0.39 is 0 Å². The molecule has 0 unspecified atom stereocenters. The Hall–Kier alpha value is -1.57. The lowest BCUT2D eigenvalue weighted by Crippen LogP contribution is -2.10. The van der Waals surface area contributed by atoms with E-state index in [4.69, 9.17) is 0 Å². The van der Waals surface area contributed by atoms with Crippen molar-refractivity contribution in [1.82, 2.24) is 9.78 Å². The molecule has 0 atom stereocenters. The Morgan fingerprint density at radius 3 is 2.05 bits per heavy atom. The summed E-state index contributed by atoms with van der Waals surface area (Å²) in [5.41, 5.74) is 4.36. The SMILES string of the molecule is CC(C)(C)CCn1cc(-c2ccc(C(C)(C)C)cc2)cn1. The van der Waals surface area contributed by atoms with Gasteiger partial charge in [0.15, 0.2) is 0 Å². The van der Waals surface area contributed by atoms with Crippen LogP contribution in [0.4, 0.5) is 0 Å². The summed E-state index contributed by atoms with van der Waals surface area (Å²) in [6.07, 6.45) is 5.25. The molecule has 0 saturated heterocycles. The number of benzene rings is 1. The quantitative estimate of drug-likeness (QED) is 0.749. The highest BCUT2D eigenvalue weighted by Gasteiger charge is 2.14. The number of nitrogens with zero attached hydrogens (tertiary/aromatic N) is 2. The molecule has 0 amide bonds. The summed E-state index contributed by atoms with van der Waals surface area (Å²) in [5, 5.41) is 4.48. The third-order valence-electron chi connectivity index (χ3n) is 3.81. The molecule has 0 spiro atoms. The zero-order valence-electron chi connectivity index (χ0n) is 14.3. The molecule has 0 saturated carbocycles. The maximum atomic E-state index is 4.48. The van der Waals surface area contributed by atoms with Crippen LogP contribution in [0.5, 0.6) is 0 Å². The lowest BCUT2D eigenvalue weighted by molar-refractivity contribution is 0.341. The van der Waals surface area contributed by atoms with Crippen LogP contribution in [-0.4, -0.2) is 9.78 Å². The van der Waals surface area contributed by atoms with Gasteiger partial charge in [-0.25, -0.2) is 0 Å². The van der Waals surface area contributed by atoms with E-state index >= 15 is 0 Å². The van der Waals surface area contributed by atoms with Gasteiger partial charge in [-0.2, -0.15) is 5.10 Å². The Bertz CT molecular complexity index is 577. The standard InChI is InChI=1S/C19H28N2/c1-18(2,3)11-12-21-14-16(13-20-21)15-7-9-17(10-8-15)19(4,5)6/h7-10,13-14H,11-12H2,1-6H3. The average Bonchev–Trinajstić information content (AvgIpc) is 2.83. The zero-order chi connectivity index (χ0) is 15.7. The van der Waals surface area contributed by atoms with Crippen LogP contribution >= 0.6 is 0 Å². The van der Waals surface area contributed by atoms with E-state index in [0.717, 1.165) is 13.0 Å². The molecular weight excluding hydrogens is 256 g/mol. The molecule has 0 aliphatic heterocycles. The first kappa shape index (κ1) is 15.8. The first-order valence-electron chi connectivity index (χ1n) is 7.78. The first-order valence-corrected chi connectivity index (χ1v) is 7.78. The van der Waals surface area contributed by atoms with Crippen LogP contribution < -0.4 is 0 Å². The van der Waals surface area contributed by atoms with E-state index in [9.17, 15) is 0 Å². The van der Waals surface area contributed by atoms with E-state index in [2.05, 4.69) is 81.8 Å². The molecule has 2 nitrogen and oxygen atoms in total. The summed E-state index contributed by atoms with van der Waals surface area (Å²) in [4.78, 5) is 0. The van der Waals surface area contributed by atoms with E-state index in [1.807, 2.05) is 6.20 Å². The van der Waals surface area contributed by atoms with Crippen molar-refractivity contribution >= 4 is 0 Å². The summed E-state index contributed by atoms with van der Waals surface area (Å²) < 4.78 is 2.05. The van der Waals surface area contributed by atoms with Gasteiger partial charge in [-0.3, -0.25) is 4.68 Å². The molecule has 21 heavy (non-hydrogen) atoms. The normalized spacial score (nSPS) is 12.7. The Balaban J connectivity index is 2.11. The largest absolute Gasteiger partial charge is 0.272 e. The number of aromatic nitrogens is 2.